The Hall–Kier alpha value is -2.81. The molecular weight excluding hydrogens is 415 g/mol. The highest BCUT2D eigenvalue weighted by Gasteiger charge is 2.46. The van der Waals surface area contributed by atoms with Crippen LogP contribution in [0.2, 0.25) is 0 Å². The van der Waals surface area contributed by atoms with Crippen LogP contribution >= 0.6 is 11.3 Å². The Morgan fingerprint density at radius 3 is 2.70 bits per heavy atom. The van der Waals surface area contributed by atoms with Crippen molar-refractivity contribution in [2.45, 2.75) is 39.1 Å². The van der Waals surface area contributed by atoms with Crippen LogP contribution in [0.25, 0.3) is 0 Å². The summed E-state index contributed by atoms with van der Waals surface area (Å²) in [5.74, 6) is 0.644. The lowest BCUT2D eigenvalue weighted by Crippen LogP contribution is -2.42. The number of carbonyl (C=O) groups excluding carboxylic acids is 1. The number of fused-ring (bicyclic) bond motifs is 1. The number of benzene rings is 1. The van der Waals surface area contributed by atoms with Crippen molar-refractivity contribution >= 4 is 23.1 Å². The van der Waals surface area contributed by atoms with Crippen LogP contribution in [-0.2, 0) is 6.61 Å². The average Bonchev–Trinajstić information content (AvgIpc) is 3.35. The number of ether oxygens (including phenoxy) is 1. The van der Waals surface area contributed by atoms with Gasteiger partial charge in [-0.05, 0) is 42.8 Å². The number of thiophene rings is 1. The minimum atomic E-state index is -4.41. The monoisotopic (exact) mass is 435 g/mol. The van der Waals surface area contributed by atoms with Crippen molar-refractivity contribution in [3.63, 3.8) is 0 Å². The number of halogens is 3. The quantitative estimate of drug-likeness (QED) is 0.559. The molecule has 0 saturated heterocycles. The van der Waals surface area contributed by atoms with Gasteiger partial charge in [-0.15, -0.1) is 11.3 Å². The van der Waals surface area contributed by atoms with Crippen LogP contribution in [0.5, 0.6) is 5.75 Å². The maximum atomic E-state index is 13.3. The molecule has 30 heavy (non-hydrogen) atoms. The second-order valence-electron chi connectivity index (χ2n) is 7.27. The lowest BCUT2D eigenvalue weighted by Gasteiger charge is -2.33. The highest BCUT2D eigenvalue weighted by atomic mass is 32.1. The van der Waals surface area contributed by atoms with Crippen LogP contribution in [0, 0.1) is 13.8 Å². The molecular formula is C21H20F3N3O2S. The summed E-state index contributed by atoms with van der Waals surface area (Å²) in [6.07, 6.45) is -3.34. The van der Waals surface area contributed by atoms with Crippen molar-refractivity contribution in [2.24, 2.45) is 0 Å². The molecule has 1 aromatic carbocycles. The molecule has 158 valence electrons. The van der Waals surface area contributed by atoms with E-state index in [0.717, 1.165) is 27.1 Å². The SMILES string of the molecule is Cc1cccc(C)c1OCc1csc(C(=O)N2CCC(C(F)(F)F)n3nccc32)c1. The Morgan fingerprint density at radius 2 is 2.00 bits per heavy atom. The van der Waals surface area contributed by atoms with Crippen molar-refractivity contribution in [3.05, 3.63) is 63.5 Å². The number of anilines is 1. The number of nitrogens with zero attached hydrogens (tertiary/aromatic N) is 3. The topological polar surface area (TPSA) is 47.4 Å². The van der Waals surface area contributed by atoms with Gasteiger partial charge in [0.25, 0.3) is 5.91 Å². The van der Waals surface area contributed by atoms with Gasteiger partial charge in [0.1, 0.15) is 18.2 Å². The van der Waals surface area contributed by atoms with E-state index in [2.05, 4.69) is 5.10 Å². The van der Waals surface area contributed by atoms with Gasteiger partial charge in [0.2, 0.25) is 0 Å². The molecule has 0 saturated carbocycles. The van der Waals surface area contributed by atoms with E-state index in [4.69, 9.17) is 4.74 Å². The summed E-state index contributed by atoms with van der Waals surface area (Å²) < 4.78 is 46.6. The Bertz CT molecular complexity index is 1050. The molecule has 1 aliphatic rings. The third-order valence-corrected chi connectivity index (χ3v) is 6.09. The molecule has 0 bridgehead atoms. The lowest BCUT2D eigenvalue weighted by atomic mass is 10.1. The van der Waals surface area contributed by atoms with Gasteiger partial charge in [-0.25, -0.2) is 4.68 Å². The van der Waals surface area contributed by atoms with Gasteiger partial charge in [0, 0.05) is 18.2 Å². The summed E-state index contributed by atoms with van der Waals surface area (Å²) in [4.78, 5) is 14.8. The van der Waals surface area contributed by atoms with E-state index in [1.807, 2.05) is 37.4 Å². The zero-order valence-corrected chi connectivity index (χ0v) is 17.3. The summed E-state index contributed by atoms with van der Waals surface area (Å²) in [5, 5.41) is 5.64. The molecule has 0 spiro atoms. The van der Waals surface area contributed by atoms with Crippen LogP contribution in [0.15, 0.2) is 41.9 Å². The number of aryl methyl sites for hydroxylation is 2. The highest BCUT2D eigenvalue weighted by Crippen LogP contribution is 2.39. The number of para-hydroxylation sites is 1. The molecule has 2 aromatic heterocycles. The summed E-state index contributed by atoms with van der Waals surface area (Å²) in [6, 6.07) is 7.37. The summed E-state index contributed by atoms with van der Waals surface area (Å²) in [6.45, 7) is 4.24. The Labute approximate surface area is 175 Å². The normalized spacial score (nSPS) is 16.4. The van der Waals surface area contributed by atoms with E-state index in [1.165, 1.54) is 28.5 Å². The first-order chi connectivity index (χ1) is 14.3. The van der Waals surface area contributed by atoms with Gasteiger partial charge in [-0.3, -0.25) is 9.69 Å². The predicted octanol–water partition coefficient (Wildman–Crippen LogP) is 5.29. The maximum absolute atomic E-state index is 13.3. The molecule has 0 aliphatic carbocycles. The third-order valence-electron chi connectivity index (χ3n) is 5.13. The van der Waals surface area contributed by atoms with Crippen LogP contribution in [0.3, 0.4) is 0 Å². The largest absolute Gasteiger partial charge is 0.488 e. The number of carbonyl (C=O) groups is 1. The first kappa shape index (κ1) is 20.5. The molecule has 1 amide bonds. The second-order valence-corrected chi connectivity index (χ2v) is 8.18. The molecule has 1 atom stereocenters. The van der Waals surface area contributed by atoms with E-state index in [-0.39, 0.29) is 24.7 Å². The fourth-order valence-electron chi connectivity index (χ4n) is 3.64. The molecule has 1 aliphatic heterocycles. The zero-order valence-electron chi connectivity index (χ0n) is 16.4. The fraction of sp³-hybridized carbons (Fsp3) is 0.333. The van der Waals surface area contributed by atoms with E-state index in [1.54, 1.807) is 6.07 Å². The molecule has 5 nitrogen and oxygen atoms in total. The highest BCUT2D eigenvalue weighted by molar-refractivity contribution is 7.12. The van der Waals surface area contributed by atoms with Gasteiger partial charge in [0.05, 0.1) is 11.1 Å². The van der Waals surface area contributed by atoms with Crippen LogP contribution in [-0.4, -0.2) is 28.4 Å². The number of rotatable bonds is 4. The van der Waals surface area contributed by atoms with Crippen molar-refractivity contribution in [2.75, 3.05) is 11.4 Å². The minimum Gasteiger partial charge on any atom is -0.488 e. The standard InChI is InChI=1S/C21H20F3N3O2S/c1-13-4-3-5-14(2)19(13)29-11-15-10-16(30-12-15)20(28)26-9-7-17(21(22,23)24)27-18(26)6-8-25-27/h3-6,8,10,12,17H,7,9,11H2,1-2H3. The number of amides is 1. The zero-order chi connectivity index (χ0) is 21.5. The number of alkyl halides is 3. The lowest BCUT2D eigenvalue weighted by molar-refractivity contribution is -0.172. The van der Waals surface area contributed by atoms with Crippen molar-refractivity contribution in [1.82, 2.24) is 9.78 Å². The van der Waals surface area contributed by atoms with Gasteiger partial charge in [-0.1, -0.05) is 18.2 Å². The van der Waals surface area contributed by atoms with Gasteiger partial charge in [0.15, 0.2) is 6.04 Å². The van der Waals surface area contributed by atoms with Crippen molar-refractivity contribution in [3.8, 4) is 5.75 Å². The van der Waals surface area contributed by atoms with E-state index < -0.39 is 12.2 Å². The van der Waals surface area contributed by atoms with Gasteiger partial charge < -0.3 is 4.74 Å². The second kappa shape index (κ2) is 7.79. The van der Waals surface area contributed by atoms with Crippen LogP contribution < -0.4 is 9.64 Å². The van der Waals surface area contributed by atoms with E-state index >= 15 is 0 Å². The first-order valence-corrected chi connectivity index (χ1v) is 10.3. The molecule has 0 fully saturated rings. The van der Waals surface area contributed by atoms with E-state index in [0.29, 0.717) is 11.5 Å². The minimum absolute atomic E-state index is 0.0131. The number of aromatic nitrogens is 2. The van der Waals surface area contributed by atoms with Crippen molar-refractivity contribution < 1.29 is 22.7 Å². The molecule has 0 radical (unpaired) electrons. The molecule has 3 heterocycles. The van der Waals surface area contributed by atoms with Crippen molar-refractivity contribution in [1.29, 1.82) is 0 Å². The summed E-state index contributed by atoms with van der Waals surface area (Å²) in [5.41, 5.74) is 2.90. The first-order valence-electron chi connectivity index (χ1n) is 9.44. The maximum Gasteiger partial charge on any atom is 0.410 e. The van der Waals surface area contributed by atoms with Gasteiger partial charge >= 0.3 is 6.18 Å². The number of hydrogen-bond donors (Lipinski definition) is 0. The number of hydrogen-bond acceptors (Lipinski definition) is 4. The predicted molar refractivity (Wildman–Crippen MR) is 108 cm³/mol. The Kier molecular flexibility index (Phi) is 5.31. The molecule has 3 aromatic rings. The summed E-state index contributed by atoms with van der Waals surface area (Å²) >= 11 is 1.26. The third kappa shape index (κ3) is 3.81. The average molecular weight is 435 g/mol. The fourth-order valence-corrected chi connectivity index (χ4v) is 4.48. The van der Waals surface area contributed by atoms with Crippen LogP contribution in [0.1, 0.15) is 38.8 Å². The summed E-state index contributed by atoms with van der Waals surface area (Å²) in [7, 11) is 0. The Balaban J connectivity index is 1.49. The smallest absolute Gasteiger partial charge is 0.410 e. The Morgan fingerprint density at radius 1 is 1.27 bits per heavy atom. The van der Waals surface area contributed by atoms with Gasteiger partial charge in [-0.2, -0.15) is 18.3 Å². The van der Waals surface area contributed by atoms with E-state index in [9.17, 15) is 18.0 Å². The molecule has 4 rings (SSSR count). The molecule has 1 unspecified atom stereocenters. The molecule has 0 N–H and O–H groups in total. The van der Waals surface area contributed by atoms with Crippen LogP contribution in [0.4, 0.5) is 19.0 Å². The molecule has 9 heteroatoms.